The fraction of sp³-hybridized carbons (Fsp3) is 0.250. The van der Waals surface area contributed by atoms with E-state index in [0.29, 0.717) is 11.1 Å². The molecule has 4 nitrogen and oxygen atoms in total. The normalized spacial score (nSPS) is 14.7. The van der Waals surface area contributed by atoms with Crippen LogP contribution < -0.4 is 15.4 Å². The Morgan fingerprint density at radius 3 is 2.65 bits per heavy atom. The lowest BCUT2D eigenvalue weighted by Gasteiger charge is -2.24. The first kappa shape index (κ1) is 18.8. The third kappa shape index (κ3) is 4.39. The Labute approximate surface area is 164 Å². The van der Waals surface area contributed by atoms with Gasteiger partial charge in [-0.05, 0) is 67.7 Å². The molecule has 0 bridgehead atoms. The SMILES string of the molecule is Cl.Clc1ccccc1Nc1cc2cc(OC3CCNCC3)ccc2cn1. The Morgan fingerprint density at radius 1 is 1.04 bits per heavy atom. The summed E-state index contributed by atoms with van der Waals surface area (Å²) < 4.78 is 6.14. The molecule has 6 heteroatoms. The van der Waals surface area contributed by atoms with Gasteiger partial charge in [-0.3, -0.25) is 0 Å². The molecule has 0 spiro atoms. The van der Waals surface area contributed by atoms with Crippen molar-refractivity contribution in [3.63, 3.8) is 0 Å². The van der Waals surface area contributed by atoms with E-state index in [2.05, 4.69) is 27.8 Å². The highest BCUT2D eigenvalue weighted by Crippen LogP contribution is 2.28. The van der Waals surface area contributed by atoms with E-state index in [1.807, 2.05) is 42.6 Å². The second-order valence-electron chi connectivity index (χ2n) is 6.25. The van der Waals surface area contributed by atoms with E-state index in [4.69, 9.17) is 16.3 Å². The van der Waals surface area contributed by atoms with E-state index in [-0.39, 0.29) is 12.4 Å². The summed E-state index contributed by atoms with van der Waals surface area (Å²) in [6, 6.07) is 15.8. The van der Waals surface area contributed by atoms with Gasteiger partial charge in [0.2, 0.25) is 0 Å². The number of hydrogen-bond donors (Lipinski definition) is 2. The molecule has 0 atom stereocenters. The quantitative estimate of drug-likeness (QED) is 0.644. The number of piperidine rings is 1. The minimum atomic E-state index is 0. The molecule has 0 radical (unpaired) electrons. The molecule has 26 heavy (non-hydrogen) atoms. The molecule has 2 N–H and O–H groups in total. The first-order valence-electron chi connectivity index (χ1n) is 8.57. The Hall–Kier alpha value is -2.01. The van der Waals surface area contributed by atoms with E-state index >= 15 is 0 Å². The van der Waals surface area contributed by atoms with Crippen LogP contribution in [0.2, 0.25) is 5.02 Å². The first-order valence-corrected chi connectivity index (χ1v) is 8.94. The number of nitrogens with zero attached hydrogens (tertiary/aromatic N) is 1. The fourth-order valence-electron chi connectivity index (χ4n) is 3.07. The summed E-state index contributed by atoms with van der Waals surface area (Å²) >= 11 is 6.21. The lowest BCUT2D eigenvalue weighted by molar-refractivity contribution is 0.162. The second-order valence-corrected chi connectivity index (χ2v) is 6.66. The van der Waals surface area contributed by atoms with Crippen molar-refractivity contribution in [2.24, 2.45) is 0 Å². The van der Waals surface area contributed by atoms with Crippen molar-refractivity contribution in [3.05, 3.63) is 59.8 Å². The van der Waals surface area contributed by atoms with Gasteiger partial charge in [0.05, 0.1) is 10.7 Å². The van der Waals surface area contributed by atoms with Crippen LogP contribution in [0.1, 0.15) is 12.8 Å². The van der Waals surface area contributed by atoms with Crippen LogP contribution in [0.15, 0.2) is 54.7 Å². The van der Waals surface area contributed by atoms with Crippen LogP contribution in [-0.4, -0.2) is 24.2 Å². The zero-order chi connectivity index (χ0) is 17.1. The summed E-state index contributed by atoms with van der Waals surface area (Å²) in [6.07, 6.45) is 4.26. The first-order chi connectivity index (χ1) is 12.3. The number of ether oxygens (including phenoxy) is 1. The number of para-hydroxylation sites is 1. The van der Waals surface area contributed by atoms with E-state index in [1.54, 1.807) is 0 Å². The van der Waals surface area contributed by atoms with Crippen molar-refractivity contribution >= 4 is 46.3 Å². The fourth-order valence-corrected chi connectivity index (χ4v) is 3.25. The number of pyridine rings is 1. The van der Waals surface area contributed by atoms with Crippen LogP contribution in [0, 0.1) is 0 Å². The van der Waals surface area contributed by atoms with Gasteiger partial charge in [0.25, 0.3) is 0 Å². The number of halogens is 2. The lowest BCUT2D eigenvalue weighted by Crippen LogP contribution is -2.34. The summed E-state index contributed by atoms with van der Waals surface area (Å²) in [7, 11) is 0. The smallest absolute Gasteiger partial charge is 0.130 e. The van der Waals surface area contributed by atoms with Crippen LogP contribution in [0.5, 0.6) is 5.75 Å². The zero-order valence-electron chi connectivity index (χ0n) is 14.2. The highest BCUT2D eigenvalue weighted by atomic mass is 35.5. The number of aromatic nitrogens is 1. The van der Waals surface area contributed by atoms with Crippen molar-refractivity contribution in [1.29, 1.82) is 0 Å². The molecule has 2 aromatic carbocycles. The molecular formula is C20H21Cl2N3O. The number of nitrogens with one attached hydrogen (secondary N) is 2. The molecule has 1 aromatic heterocycles. The second kappa shape index (κ2) is 8.58. The van der Waals surface area contributed by atoms with Gasteiger partial charge in [-0.2, -0.15) is 0 Å². The van der Waals surface area contributed by atoms with Crippen LogP contribution in [0.3, 0.4) is 0 Å². The molecule has 1 saturated heterocycles. The molecule has 0 saturated carbocycles. The number of benzene rings is 2. The van der Waals surface area contributed by atoms with Gasteiger partial charge in [-0.25, -0.2) is 4.98 Å². The molecule has 136 valence electrons. The van der Waals surface area contributed by atoms with Crippen molar-refractivity contribution in [1.82, 2.24) is 10.3 Å². The maximum absolute atomic E-state index is 6.21. The van der Waals surface area contributed by atoms with Gasteiger partial charge in [0, 0.05) is 11.6 Å². The largest absolute Gasteiger partial charge is 0.490 e. The molecule has 1 aliphatic heterocycles. The lowest BCUT2D eigenvalue weighted by atomic mass is 10.1. The van der Waals surface area contributed by atoms with Gasteiger partial charge in [0.15, 0.2) is 0 Å². The van der Waals surface area contributed by atoms with Gasteiger partial charge in [0.1, 0.15) is 17.7 Å². The summed E-state index contributed by atoms with van der Waals surface area (Å²) in [6.45, 7) is 2.04. The molecule has 2 heterocycles. The molecule has 1 aliphatic rings. The average Bonchev–Trinajstić information content (AvgIpc) is 2.64. The predicted octanol–water partition coefficient (Wildman–Crippen LogP) is 5.18. The third-order valence-electron chi connectivity index (χ3n) is 4.42. The van der Waals surface area contributed by atoms with E-state index in [9.17, 15) is 0 Å². The summed E-state index contributed by atoms with van der Waals surface area (Å²) in [5, 5.41) is 9.48. The molecule has 0 amide bonds. The van der Waals surface area contributed by atoms with Crippen molar-refractivity contribution in [2.45, 2.75) is 18.9 Å². The number of hydrogen-bond acceptors (Lipinski definition) is 4. The minimum absolute atomic E-state index is 0. The number of fused-ring (bicyclic) bond motifs is 1. The maximum Gasteiger partial charge on any atom is 0.130 e. The summed E-state index contributed by atoms with van der Waals surface area (Å²) in [5.41, 5.74) is 0.845. The molecule has 0 aliphatic carbocycles. The van der Waals surface area contributed by atoms with Crippen LogP contribution in [0.4, 0.5) is 11.5 Å². The third-order valence-corrected chi connectivity index (χ3v) is 4.75. The molecule has 1 fully saturated rings. The van der Waals surface area contributed by atoms with Crippen molar-refractivity contribution in [3.8, 4) is 5.75 Å². The van der Waals surface area contributed by atoms with Crippen molar-refractivity contribution < 1.29 is 4.74 Å². The number of anilines is 2. The standard InChI is InChI=1S/C20H20ClN3O.ClH/c21-18-3-1-2-4-19(18)24-20-12-15-11-17(6-5-14(15)13-23-20)25-16-7-9-22-10-8-16;/h1-6,11-13,16,22H,7-10H2,(H,23,24);1H. The maximum atomic E-state index is 6.21. The minimum Gasteiger partial charge on any atom is -0.490 e. The molecule has 0 unspecified atom stereocenters. The van der Waals surface area contributed by atoms with Crippen LogP contribution in [-0.2, 0) is 0 Å². The molecule has 3 aromatic rings. The van der Waals surface area contributed by atoms with E-state index in [1.165, 1.54) is 0 Å². The summed E-state index contributed by atoms with van der Waals surface area (Å²) in [5.74, 6) is 1.67. The topological polar surface area (TPSA) is 46.2 Å². The van der Waals surface area contributed by atoms with Crippen molar-refractivity contribution in [2.75, 3.05) is 18.4 Å². The molecule has 4 rings (SSSR count). The van der Waals surface area contributed by atoms with E-state index in [0.717, 1.165) is 54.0 Å². The zero-order valence-corrected chi connectivity index (χ0v) is 15.8. The Morgan fingerprint density at radius 2 is 1.85 bits per heavy atom. The summed E-state index contributed by atoms with van der Waals surface area (Å²) in [4.78, 5) is 4.47. The van der Waals surface area contributed by atoms with Gasteiger partial charge < -0.3 is 15.4 Å². The number of rotatable bonds is 4. The van der Waals surface area contributed by atoms with Crippen LogP contribution in [0.25, 0.3) is 10.8 Å². The Kier molecular flexibility index (Phi) is 6.20. The Bertz CT molecular complexity index is 882. The van der Waals surface area contributed by atoms with Gasteiger partial charge >= 0.3 is 0 Å². The average molecular weight is 390 g/mol. The predicted molar refractivity (Wildman–Crippen MR) is 110 cm³/mol. The van der Waals surface area contributed by atoms with Crippen LogP contribution >= 0.6 is 24.0 Å². The van der Waals surface area contributed by atoms with Gasteiger partial charge in [-0.1, -0.05) is 23.7 Å². The highest BCUT2D eigenvalue weighted by molar-refractivity contribution is 6.33. The van der Waals surface area contributed by atoms with E-state index < -0.39 is 0 Å². The molecular weight excluding hydrogens is 369 g/mol. The Balaban J connectivity index is 0.00000196. The monoisotopic (exact) mass is 389 g/mol. The highest BCUT2D eigenvalue weighted by Gasteiger charge is 2.14. The van der Waals surface area contributed by atoms with Gasteiger partial charge in [-0.15, -0.1) is 12.4 Å².